The topological polar surface area (TPSA) is 63.6 Å². The number of aliphatic carboxylic acids is 1. The molecule has 0 radical (unpaired) electrons. The fourth-order valence-corrected chi connectivity index (χ4v) is 2.97. The molecule has 18 heavy (non-hydrogen) atoms. The Kier molecular flexibility index (Phi) is 3.91. The van der Waals surface area contributed by atoms with Gasteiger partial charge in [-0.2, -0.15) is 0 Å². The van der Waals surface area contributed by atoms with Crippen LogP contribution in [-0.4, -0.2) is 23.0 Å². The zero-order chi connectivity index (χ0) is 13.1. The molecule has 0 aromatic heterocycles. The minimum absolute atomic E-state index is 0.343. The van der Waals surface area contributed by atoms with Crippen molar-refractivity contribution in [1.29, 1.82) is 0 Å². The zero-order valence-corrected chi connectivity index (χ0v) is 10.8. The first-order chi connectivity index (χ1) is 8.61. The van der Waals surface area contributed by atoms with E-state index in [1.54, 1.807) is 6.92 Å². The molecule has 1 unspecified atom stereocenters. The molecule has 1 aromatic carbocycles. The van der Waals surface area contributed by atoms with Crippen molar-refractivity contribution in [3.8, 4) is 0 Å². The molecule has 0 amide bonds. The van der Waals surface area contributed by atoms with E-state index in [4.69, 9.17) is 9.84 Å². The predicted molar refractivity (Wildman–Crippen MR) is 67.9 cm³/mol. The Bertz CT molecular complexity index is 484. The molecule has 0 heterocycles. The molecule has 1 aliphatic carbocycles. The lowest BCUT2D eigenvalue weighted by Gasteiger charge is -2.06. The normalized spacial score (nSPS) is 17.3. The van der Waals surface area contributed by atoms with Crippen LogP contribution in [0.3, 0.4) is 0 Å². The third-order valence-electron chi connectivity index (χ3n) is 2.95. The lowest BCUT2D eigenvalue weighted by atomic mass is 10.1. The largest absolute Gasteiger partial charge is 0.481 e. The van der Waals surface area contributed by atoms with Gasteiger partial charge < -0.3 is 9.84 Å². The number of carboxylic acid groups (broad SMARTS) is 1. The van der Waals surface area contributed by atoms with Gasteiger partial charge in [-0.3, -0.25) is 4.79 Å². The number of hydrogen-bond acceptors (Lipinski definition) is 4. The first kappa shape index (κ1) is 13.0. The standard InChI is InChI=1S/C13H14O4S/c1-2-17-13(16)18-11-5-3-4-8-6-9(12(14)15)7-10(8)11/h3-5,9H,2,6-7H2,1H3,(H,14,15). The lowest BCUT2D eigenvalue weighted by Crippen LogP contribution is -2.13. The molecule has 1 aromatic rings. The Morgan fingerprint density at radius 2 is 2.22 bits per heavy atom. The molecule has 0 saturated carbocycles. The third kappa shape index (κ3) is 2.67. The van der Waals surface area contributed by atoms with Crippen LogP contribution in [0.1, 0.15) is 18.1 Å². The lowest BCUT2D eigenvalue weighted by molar-refractivity contribution is -0.141. The van der Waals surface area contributed by atoms with Crippen molar-refractivity contribution in [2.24, 2.45) is 5.92 Å². The summed E-state index contributed by atoms with van der Waals surface area (Å²) in [6.45, 7) is 2.10. The van der Waals surface area contributed by atoms with E-state index in [9.17, 15) is 9.59 Å². The second-order valence-corrected chi connectivity index (χ2v) is 5.10. The van der Waals surface area contributed by atoms with Crippen molar-refractivity contribution >= 4 is 23.0 Å². The Morgan fingerprint density at radius 1 is 1.44 bits per heavy atom. The van der Waals surface area contributed by atoms with Crippen LogP contribution in [0.5, 0.6) is 0 Å². The second-order valence-electron chi connectivity index (χ2n) is 4.12. The summed E-state index contributed by atoms with van der Waals surface area (Å²) in [6.07, 6.45) is 1.04. The van der Waals surface area contributed by atoms with E-state index in [2.05, 4.69) is 0 Å². The highest BCUT2D eigenvalue weighted by atomic mass is 32.2. The van der Waals surface area contributed by atoms with Gasteiger partial charge in [0.1, 0.15) is 0 Å². The average Bonchev–Trinajstić information content (AvgIpc) is 2.74. The van der Waals surface area contributed by atoms with E-state index in [0.717, 1.165) is 27.8 Å². The molecular weight excluding hydrogens is 252 g/mol. The van der Waals surface area contributed by atoms with Gasteiger partial charge in [0, 0.05) is 4.90 Å². The Hall–Kier alpha value is -1.49. The van der Waals surface area contributed by atoms with E-state index in [0.29, 0.717) is 19.4 Å². The van der Waals surface area contributed by atoms with Crippen LogP contribution < -0.4 is 0 Å². The van der Waals surface area contributed by atoms with Crippen LogP contribution >= 0.6 is 11.8 Å². The van der Waals surface area contributed by atoms with Gasteiger partial charge in [-0.15, -0.1) is 0 Å². The fourth-order valence-electron chi connectivity index (χ4n) is 2.13. The highest BCUT2D eigenvalue weighted by Gasteiger charge is 2.29. The van der Waals surface area contributed by atoms with Crippen molar-refractivity contribution in [3.63, 3.8) is 0 Å². The zero-order valence-electron chi connectivity index (χ0n) is 10.0. The van der Waals surface area contributed by atoms with E-state index < -0.39 is 5.97 Å². The van der Waals surface area contributed by atoms with E-state index in [1.807, 2.05) is 18.2 Å². The molecule has 5 heteroatoms. The monoisotopic (exact) mass is 266 g/mol. The summed E-state index contributed by atoms with van der Waals surface area (Å²) in [5.41, 5.74) is 2.00. The molecule has 0 spiro atoms. The third-order valence-corrected chi connectivity index (χ3v) is 3.84. The summed E-state index contributed by atoms with van der Waals surface area (Å²) in [4.78, 5) is 23.3. The molecule has 0 fully saturated rings. The summed E-state index contributed by atoms with van der Waals surface area (Å²) >= 11 is 1.03. The molecule has 1 atom stereocenters. The number of thioether (sulfide) groups is 1. The van der Waals surface area contributed by atoms with Crippen LogP contribution in [0.25, 0.3) is 0 Å². The van der Waals surface area contributed by atoms with Gasteiger partial charge in [0.15, 0.2) is 0 Å². The minimum Gasteiger partial charge on any atom is -0.481 e. The summed E-state index contributed by atoms with van der Waals surface area (Å²) in [5, 5.41) is 8.70. The Labute approximate surface area is 109 Å². The summed E-state index contributed by atoms with van der Waals surface area (Å²) in [7, 11) is 0. The molecular formula is C13H14O4S. The van der Waals surface area contributed by atoms with Crippen LogP contribution in [0.4, 0.5) is 4.79 Å². The molecule has 0 bridgehead atoms. The summed E-state index contributed by atoms with van der Waals surface area (Å²) in [6, 6.07) is 5.61. The fraction of sp³-hybridized carbons (Fsp3) is 0.385. The van der Waals surface area contributed by atoms with Gasteiger partial charge in [-0.25, -0.2) is 4.79 Å². The highest BCUT2D eigenvalue weighted by molar-refractivity contribution is 8.13. The minimum atomic E-state index is -0.779. The van der Waals surface area contributed by atoms with E-state index in [1.165, 1.54) is 0 Å². The van der Waals surface area contributed by atoms with Crippen molar-refractivity contribution in [1.82, 2.24) is 0 Å². The summed E-state index contributed by atoms with van der Waals surface area (Å²) < 4.78 is 4.89. The molecule has 0 saturated heterocycles. The van der Waals surface area contributed by atoms with Crippen LogP contribution in [0.15, 0.2) is 23.1 Å². The first-order valence-corrected chi connectivity index (χ1v) is 6.61. The number of carboxylic acids is 1. The van der Waals surface area contributed by atoms with Gasteiger partial charge in [0.05, 0.1) is 12.5 Å². The molecule has 96 valence electrons. The number of fused-ring (bicyclic) bond motifs is 1. The predicted octanol–water partition coefficient (Wildman–Crippen LogP) is 2.73. The molecule has 4 nitrogen and oxygen atoms in total. The van der Waals surface area contributed by atoms with Crippen LogP contribution in [-0.2, 0) is 22.4 Å². The summed E-state index contributed by atoms with van der Waals surface area (Å²) in [5.74, 6) is -1.15. The maximum absolute atomic E-state index is 11.5. The van der Waals surface area contributed by atoms with Gasteiger partial charge in [0.2, 0.25) is 0 Å². The molecule has 1 N–H and O–H groups in total. The van der Waals surface area contributed by atoms with Crippen LogP contribution in [0.2, 0.25) is 0 Å². The Balaban J connectivity index is 2.18. The van der Waals surface area contributed by atoms with Gasteiger partial charge in [0.25, 0.3) is 0 Å². The number of rotatable bonds is 3. The maximum atomic E-state index is 11.5. The first-order valence-electron chi connectivity index (χ1n) is 5.80. The molecule has 2 rings (SSSR count). The van der Waals surface area contributed by atoms with Crippen molar-refractivity contribution in [2.45, 2.75) is 24.7 Å². The number of ether oxygens (including phenoxy) is 1. The Morgan fingerprint density at radius 3 is 2.89 bits per heavy atom. The molecule has 0 aliphatic heterocycles. The highest BCUT2D eigenvalue weighted by Crippen LogP contribution is 2.35. The number of carbonyl (C=O) groups excluding carboxylic acids is 1. The quantitative estimate of drug-likeness (QED) is 0.673. The van der Waals surface area contributed by atoms with Crippen LogP contribution in [0, 0.1) is 5.92 Å². The average molecular weight is 266 g/mol. The van der Waals surface area contributed by atoms with E-state index >= 15 is 0 Å². The molecule has 1 aliphatic rings. The maximum Gasteiger partial charge on any atom is 0.372 e. The van der Waals surface area contributed by atoms with Gasteiger partial charge >= 0.3 is 11.3 Å². The number of hydrogen-bond donors (Lipinski definition) is 1. The van der Waals surface area contributed by atoms with Crippen molar-refractivity contribution in [2.75, 3.05) is 6.61 Å². The van der Waals surface area contributed by atoms with Crippen molar-refractivity contribution < 1.29 is 19.4 Å². The van der Waals surface area contributed by atoms with E-state index in [-0.39, 0.29) is 11.2 Å². The van der Waals surface area contributed by atoms with Gasteiger partial charge in [-0.1, -0.05) is 12.1 Å². The second kappa shape index (κ2) is 5.44. The number of benzene rings is 1. The van der Waals surface area contributed by atoms with Crippen molar-refractivity contribution in [3.05, 3.63) is 29.3 Å². The number of carbonyl (C=O) groups is 2. The smallest absolute Gasteiger partial charge is 0.372 e. The van der Waals surface area contributed by atoms with Gasteiger partial charge in [-0.05, 0) is 48.7 Å². The SMILES string of the molecule is CCOC(=O)Sc1cccc2c1CC(C(=O)O)C2.